The van der Waals surface area contributed by atoms with Gasteiger partial charge >= 0.3 is 0 Å². The minimum atomic E-state index is -0.461. The molecule has 2 N–H and O–H groups in total. The van der Waals surface area contributed by atoms with Gasteiger partial charge in [-0.2, -0.15) is 0 Å². The van der Waals surface area contributed by atoms with Crippen molar-refractivity contribution in [1.29, 1.82) is 0 Å². The van der Waals surface area contributed by atoms with Crippen LogP contribution in [0.3, 0.4) is 0 Å². The van der Waals surface area contributed by atoms with Crippen molar-refractivity contribution in [1.82, 2.24) is 10.2 Å². The second-order valence-corrected chi connectivity index (χ2v) is 6.31. The number of anilines is 1. The normalized spacial score (nSPS) is 10.0. The molecule has 0 aromatic heterocycles. The van der Waals surface area contributed by atoms with Crippen molar-refractivity contribution in [2.24, 2.45) is 0 Å². The van der Waals surface area contributed by atoms with E-state index in [9.17, 15) is 14.4 Å². The molecule has 160 valence electrons. The van der Waals surface area contributed by atoms with Crippen LogP contribution in [0.25, 0.3) is 0 Å². The molecule has 2 aromatic rings. The van der Waals surface area contributed by atoms with Gasteiger partial charge in [-0.25, -0.2) is 0 Å². The molecule has 2 aromatic carbocycles. The van der Waals surface area contributed by atoms with E-state index in [-0.39, 0.29) is 19.0 Å². The third-order valence-electron chi connectivity index (χ3n) is 4.19. The van der Waals surface area contributed by atoms with Crippen LogP contribution in [-0.2, 0) is 9.59 Å². The molecule has 0 spiro atoms. The summed E-state index contributed by atoms with van der Waals surface area (Å²) in [5.74, 6) is 0.348. The average molecular weight is 415 g/mol. The van der Waals surface area contributed by atoms with Gasteiger partial charge in [0.1, 0.15) is 17.2 Å². The summed E-state index contributed by atoms with van der Waals surface area (Å²) in [6, 6.07) is 11.5. The molecule has 9 heteroatoms. The number of hydrogen-bond acceptors (Lipinski definition) is 6. The summed E-state index contributed by atoms with van der Waals surface area (Å²) in [6.07, 6.45) is 0. The van der Waals surface area contributed by atoms with Crippen LogP contribution in [0.2, 0.25) is 0 Å². The Balaban J connectivity index is 1.86. The number of likely N-dealkylation sites (N-methyl/N-ethyl adjacent to an activating group) is 1. The van der Waals surface area contributed by atoms with Gasteiger partial charge in [0.25, 0.3) is 5.91 Å². The summed E-state index contributed by atoms with van der Waals surface area (Å²) in [4.78, 5) is 38.0. The summed E-state index contributed by atoms with van der Waals surface area (Å²) in [5.41, 5.74) is 0.876. The fourth-order valence-corrected chi connectivity index (χ4v) is 2.51. The quantitative estimate of drug-likeness (QED) is 0.644. The third kappa shape index (κ3) is 6.40. The van der Waals surface area contributed by atoms with E-state index >= 15 is 0 Å². The van der Waals surface area contributed by atoms with Gasteiger partial charge in [-0.05, 0) is 36.4 Å². The topological polar surface area (TPSA) is 106 Å². The number of hydrogen-bond donors (Lipinski definition) is 2. The second kappa shape index (κ2) is 10.7. The molecule has 0 unspecified atom stereocenters. The van der Waals surface area contributed by atoms with Crippen molar-refractivity contribution in [2.45, 2.75) is 0 Å². The molecule has 0 fully saturated rings. The molecule has 0 aliphatic rings. The van der Waals surface area contributed by atoms with Crippen molar-refractivity contribution in [3.05, 3.63) is 48.0 Å². The lowest BCUT2D eigenvalue weighted by molar-refractivity contribution is -0.132. The number of nitrogens with one attached hydrogen (secondary N) is 2. The van der Waals surface area contributed by atoms with Gasteiger partial charge in [0.15, 0.2) is 0 Å². The summed E-state index contributed by atoms with van der Waals surface area (Å²) in [6.45, 7) is -0.418. The molecule has 9 nitrogen and oxygen atoms in total. The number of carbonyl (C=O) groups is 3. The maximum atomic E-state index is 12.3. The molecular formula is C21H25N3O6. The van der Waals surface area contributed by atoms with E-state index in [1.165, 1.54) is 38.3 Å². The lowest BCUT2D eigenvalue weighted by Crippen LogP contribution is -2.41. The van der Waals surface area contributed by atoms with E-state index in [4.69, 9.17) is 14.2 Å². The van der Waals surface area contributed by atoms with E-state index in [1.807, 2.05) is 0 Å². The van der Waals surface area contributed by atoms with Crippen molar-refractivity contribution in [2.75, 3.05) is 46.8 Å². The van der Waals surface area contributed by atoms with E-state index in [2.05, 4.69) is 10.6 Å². The summed E-state index contributed by atoms with van der Waals surface area (Å²) in [5, 5.41) is 5.22. The van der Waals surface area contributed by atoms with E-state index in [1.54, 1.807) is 37.4 Å². The number of ether oxygens (including phenoxy) is 3. The zero-order valence-corrected chi connectivity index (χ0v) is 17.4. The Hall–Kier alpha value is -3.75. The average Bonchev–Trinajstić information content (AvgIpc) is 2.76. The number of methoxy groups -OCH3 is 3. The highest BCUT2D eigenvalue weighted by Gasteiger charge is 2.16. The summed E-state index contributed by atoms with van der Waals surface area (Å²) < 4.78 is 15.3. The van der Waals surface area contributed by atoms with Crippen LogP contribution in [0.4, 0.5) is 5.69 Å². The van der Waals surface area contributed by atoms with E-state index in [0.717, 1.165) is 0 Å². The Morgan fingerprint density at radius 3 is 1.97 bits per heavy atom. The zero-order chi connectivity index (χ0) is 22.1. The number of benzene rings is 2. The van der Waals surface area contributed by atoms with Crippen molar-refractivity contribution in [3.8, 4) is 17.2 Å². The van der Waals surface area contributed by atoms with Crippen LogP contribution >= 0.6 is 0 Å². The Morgan fingerprint density at radius 1 is 0.867 bits per heavy atom. The van der Waals surface area contributed by atoms with Gasteiger partial charge in [0.2, 0.25) is 11.8 Å². The maximum absolute atomic E-state index is 12.3. The maximum Gasteiger partial charge on any atom is 0.251 e. The number of carbonyl (C=O) groups excluding carboxylic acids is 3. The fourth-order valence-electron chi connectivity index (χ4n) is 2.51. The molecule has 30 heavy (non-hydrogen) atoms. The van der Waals surface area contributed by atoms with Crippen LogP contribution < -0.4 is 24.8 Å². The van der Waals surface area contributed by atoms with Crippen LogP contribution in [0.15, 0.2) is 42.5 Å². The first-order chi connectivity index (χ1) is 14.4. The lowest BCUT2D eigenvalue weighted by Gasteiger charge is -2.17. The van der Waals surface area contributed by atoms with Gasteiger partial charge < -0.3 is 29.7 Å². The number of amides is 3. The molecule has 0 saturated heterocycles. The molecular weight excluding hydrogens is 390 g/mol. The third-order valence-corrected chi connectivity index (χ3v) is 4.19. The molecule has 0 aliphatic heterocycles. The highest BCUT2D eigenvalue weighted by molar-refractivity contribution is 5.98. The Morgan fingerprint density at radius 2 is 1.43 bits per heavy atom. The fraction of sp³-hybridized carbons (Fsp3) is 0.286. The Labute approximate surface area is 174 Å². The molecule has 0 saturated carbocycles. The minimum Gasteiger partial charge on any atom is -0.497 e. The molecule has 0 aliphatic carbocycles. The van der Waals surface area contributed by atoms with E-state index < -0.39 is 11.8 Å². The molecule has 0 heterocycles. The standard InChI is InChI=1S/C21H25N3O6/c1-24(13-19(25)23-15-5-7-16(28-2)8-6-15)20(26)12-22-21(27)14-9-17(29-3)11-18(10-14)30-4/h5-11H,12-13H2,1-4H3,(H,22,27)(H,23,25). The first kappa shape index (κ1) is 22.5. The first-order valence-electron chi connectivity index (χ1n) is 9.05. The van der Waals surface area contributed by atoms with Crippen LogP contribution in [0, 0.1) is 0 Å². The molecule has 2 rings (SSSR count). The molecule has 0 atom stereocenters. The summed E-state index contributed by atoms with van der Waals surface area (Å²) >= 11 is 0. The molecule has 3 amide bonds. The predicted molar refractivity (Wildman–Crippen MR) is 111 cm³/mol. The van der Waals surface area contributed by atoms with E-state index in [0.29, 0.717) is 28.5 Å². The van der Waals surface area contributed by atoms with Crippen molar-refractivity contribution < 1.29 is 28.6 Å². The minimum absolute atomic E-state index is 0.159. The highest BCUT2D eigenvalue weighted by Crippen LogP contribution is 2.22. The molecule has 0 radical (unpaired) electrons. The van der Waals surface area contributed by atoms with Gasteiger partial charge in [0.05, 0.1) is 34.4 Å². The monoisotopic (exact) mass is 415 g/mol. The second-order valence-electron chi connectivity index (χ2n) is 6.31. The Kier molecular flexibility index (Phi) is 8.04. The van der Waals surface area contributed by atoms with Gasteiger partial charge in [-0.15, -0.1) is 0 Å². The van der Waals surface area contributed by atoms with Crippen LogP contribution in [-0.4, -0.2) is 64.1 Å². The lowest BCUT2D eigenvalue weighted by atomic mass is 10.2. The summed E-state index contributed by atoms with van der Waals surface area (Å²) in [7, 11) is 5.99. The molecule has 0 bridgehead atoms. The first-order valence-corrected chi connectivity index (χ1v) is 9.05. The van der Waals surface area contributed by atoms with Crippen LogP contribution in [0.5, 0.6) is 17.2 Å². The highest BCUT2D eigenvalue weighted by atomic mass is 16.5. The van der Waals surface area contributed by atoms with Crippen molar-refractivity contribution in [3.63, 3.8) is 0 Å². The van der Waals surface area contributed by atoms with Crippen molar-refractivity contribution >= 4 is 23.4 Å². The predicted octanol–water partition coefficient (Wildman–Crippen LogP) is 1.54. The van der Waals surface area contributed by atoms with Gasteiger partial charge in [-0.1, -0.05) is 0 Å². The largest absolute Gasteiger partial charge is 0.497 e. The van der Waals surface area contributed by atoms with Gasteiger partial charge in [0, 0.05) is 24.4 Å². The number of nitrogens with zero attached hydrogens (tertiary/aromatic N) is 1. The van der Waals surface area contributed by atoms with Gasteiger partial charge in [-0.3, -0.25) is 14.4 Å². The smallest absolute Gasteiger partial charge is 0.251 e. The SMILES string of the molecule is COc1ccc(NC(=O)CN(C)C(=O)CNC(=O)c2cc(OC)cc(OC)c2)cc1. The number of rotatable bonds is 9. The van der Waals surface area contributed by atoms with Crippen LogP contribution in [0.1, 0.15) is 10.4 Å². The Bertz CT molecular complexity index is 876. The zero-order valence-electron chi connectivity index (χ0n) is 17.4.